The van der Waals surface area contributed by atoms with Gasteiger partial charge in [0.15, 0.2) is 0 Å². The molecule has 0 spiro atoms. The summed E-state index contributed by atoms with van der Waals surface area (Å²) in [4.78, 5) is 11.3. The Balaban J connectivity index is 2.11. The first-order valence-corrected chi connectivity index (χ1v) is 5.06. The first kappa shape index (κ1) is 9.71. The maximum absolute atomic E-state index is 11.3. The van der Waals surface area contributed by atoms with Crippen LogP contribution in [-0.2, 0) is 9.53 Å². The van der Waals surface area contributed by atoms with Crippen LogP contribution in [-0.4, -0.2) is 24.8 Å². The number of carbonyl (C=O) groups excluding carboxylic acids is 1. The molecule has 2 bridgehead atoms. The summed E-state index contributed by atoms with van der Waals surface area (Å²) in [7, 11) is 1.40. The third-order valence-corrected chi connectivity index (χ3v) is 3.67. The van der Waals surface area contributed by atoms with Crippen LogP contribution in [0.15, 0.2) is 12.2 Å². The van der Waals surface area contributed by atoms with Crippen LogP contribution in [0.5, 0.6) is 0 Å². The molecule has 2 aliphatic carbocycles. The number of hydrogen-bond acceptors (Lipinski definition) is 3. The number of rotatable bonds is 3. The lowest BCUT2D eigenvalue weighted by Crippen LogP contribution is -2.33. The Labute approximate surface area is 83.8 Å². The standard InChI is InChI=1S/C11H16O3/c1-14-10(13)6-11(7-12)5-8-2-3-9(11)4-8/h2-3,8-9,12H,4-7H2,1H3. The van der Waals surface area contributed by atoms with Gasteiger partial charge >= 0.3 is 5.97 Å². The molecule has 14 heavy (non-hydrogen) atoms. The van der Waals surface area contributed by atoms with Gasteiger partial charge in [0, 0.05) is 12.0 Å². The van der Waals surface area contributed by atoms with Crippen LogP contribution < -0.4 is 0 Å². The first-order valence-electron chi connectivity index (χ1n) is 5.06. The fraction of sp³-hybridized carbons (Fsp3) is 0.727. The van der Waals surface area contributed by atoms with Crippen molar-refractivity contribution in [2.45, 2.75) is 19.3 Å². The minimum absolute atomic E-state index is 0.0909. The molecule has 0 saturated heterocycles. The number of esters is 1. The highest BCUT2D eigenvalue weighted by Crippen LogP contribution is 2.53. The lowest BCUT2D eigenvalue weighted by atomic mass is 9.74. The summed E-state index contributed by atoms with van der Waals surface area (Å²) in [5, 5.41) is 9.44. The Kier molecular flexibility index (Phi) is 2.35. The fourth-order valence-corrected chi connectivity index (χ4v) is 2.85. The number of aliphatic hydroxyl groups is 1. The van der Waals surface area contributed by atoms with E-state index in [1.54, 1.807) is 0 Å². The number of allylic oxidation sites excluding steroid dienone is 2. The molecule has 3 unspecified atom stereocenters. The van der Waals surface area contributed by atoms with Crippen LogP contribution in [0.4, 0.5) is 0 Å². The molecule has 0 aromatic rings. The van der Waals surface area contributed by atoms with E-state index in [-0.39, 0.29) is 18.0 Å². The smallest absolute Gasteiger partial charge is 0.306 e. The van der Waals surface area contributed by atoms with E-state index in [0.717, 1.165) is 12.8 Å². The third-order valence-electron chi connectivity index (χ3n) is 3.67. The van der Waals surface area contributed by atoms with E-state index in [9.17, 15) is 9.90 Å². The molecule has 0 aliphatic heterocycles. The largest absolute Gasteiger partial charge is 0.469 e. The van der Waals surface area contributed by atoms with Gasteiger partial charge in [0.05, 0.1) is 13.5 Å². The van der Waals surface area contributed by atoms with Gasteiger partial charge in [-0.3, -0.25) is 4.79 Å². The lowest BCUT2D eigenvalue weighted by Gasteiger charge is -2.32. The zero-order valence-corrected chi connectivity index (χ0v) is 8.40. The van der Waals surface area contributed by atoms with Gasteiger partial charge < -0.3 is 9.84 Å². The van der Waals surface area contributed by atoms with Crippen molar-refractivity contribution >= 4 is 5.97 Å². The average Bonchev–Trinajstić information content (AvgIpc) is 2.77. The van der Waals surface area contributed by atoms with E-state index in [1.165, 1.54) is 7.11 Å². The zero-order valence-electron chi connectivity index (χ0n) is 8.40. The molecular weight excluding hydrogens is 180 g/mol. The Bertz CT molecular complexity index is 272. The van der Waals surface area contributed by atoms with Crippen molar-refractivity contribution in [3.05, 3.63) is 12.2 Å². The molecule has 1 N–H and O–H groups in total. The predicted molar refractivity (Wildman–Crippen MR) is 51.5 cm³/mol. The molecule has 0 aromatic heterocycles. The Morgan fingerprint density at radius 2 is 2.43 bits per heavy atom. The molecule has 0 aromatic carbocycles. The normalized spacial score (nSPS) is 39.0. The molecule has 1 fully saturated rings. The van der Waals surface area contributed by atoms with Crippen LogP contribution in [0.1, 0.15) is 19.3 Å². The van der Waals surface area contributed by atoms with E-state index >= 15 is 0 Å². The Morgan fingerprint density at radius 1 is 1.64 bits per heavy atom. The van der Waals surface area contributed by atoms with E-state index in [1.807, 2.05) is 0 Å². The van der Waals surface area contributed by atoms with Crippen LogP contribution in [0.3, 0.4) is 0 Å². The van der Waals surface area contributed by atoms with Crippen LogP contribution in [0.25, 0.3) is 0 Å². The molecule has 3 atom stereocenters. The summed E-state index contributed by atoms with van der Waals surface area (Å²) in [6.07, 6.45) is 6.73. The summed E-state index contributed by atoms with van der Waals surface area (Å²) in [6.45, 7) is 0.0909. The number of ether oxygens (including phenoxy) is 1. The highest BCUT2D eigenvalue weighted by atomic mass is 16.5. The number of hydrogen-bond donors (Lipinski definition) is 1. The van der Waals surface area contributed by atoms with Crippen molar-refractivity contribution in [1.82, 2.24) is 0 Å². The molecular formula is C11H16O3. The molecule has 3 nitrogen and oxygen atoms in total. The summed E-state index contributed by atoms with van der Waals surface area (Å²) in [5.74, 6) is 0.730. The highest BCUT2D eigenvalue weighted by molar-refractivity contribution is 5.70. The van der Waals surface area contributed by atoms with Crippen molar-refractivity contribution < 1.29 is 14.6 Å². The Morgan fingerprint density at radius 3 is 2.86 bits per heavy atom. The first-order chi connectivity index (χ1) is 6.70. The number of fused-ring (bicyclic) bond motifs is 2. The van der Waals surface area contributed by atoms with Gasteiger partial charge in [0.25, 0.3) is 0 Å². The van der Waals surface area contributed by atoms with E-state index < -0.39 is 0 Å². The van der Waals surface area contributed by atoms with Gasteiger partial charge in [-0.1, -0.05) is 12.2 Å². The van der Waals surface area contributed by atoms with E-state index in [4.69, 9.17) is 0 Å². The minimum atomic E-state index is -0.230. The van der Waals surface area contributed by atoms with Crippen LogP contribution >= 0.6 is 0 Å². The van der Waals surface area contributed by atoms with Gasteiger partial charge in [-0.15, -0.1) is 0 Å². The van der Waals surface area contributed by atoms with Crippen molar-refractivity contribution in [3.63, 3.8) is 0 Å². The summed E-state index contributed by atoms with van der Waals surface area (Å²) < 4.78 is 4.67. The van der Waals surface area contributed by atoms with Gasteiger partial charge in [-0.2, -0.15) is 0 Å². The molecule has 3 heteroatoms. The summed E-state index contributed by atoms with van der Waals surface area (Å²) in [6, 6.07) is 0. The van der Waals surface area contributed by atoms with Crippen molar-refractivity contribution in [2.75, 3.05) is 13.7 Å². The molecule has 2 aliphatic rings. The van der Waals surface area contributed by atoms with Gasteiger partial charge in [-0.05, 0) is 24.7 Å². The summed E-state index contributed by atoms with van der Waals surface area (Å²) in [5.41, 5.74) is -0.230. The quantitative estimate of drug-likeness (QED) is 0.543. The SMILES string of the molecule is COC(=O)CC1(CO)CC2C=CC1C2. The maximum Gasteiger partial charge on any atom is 0.306 e. The minimum Gasteiger partial charge on any atom is -0.469 e. The molecule has 2 rings (SSSR count). The van der Waals surface area contributed by atoms with Crippen molar-refractivity contribution in [1.29, 1.82) is 0 Å². The summed E-state index contributed by atoms with van der Waals surface area (Å²) >= 11 is 0. The second-order valence-electron chi connectivity index (χ2n) is 4.46. The zero-order chi connectivity index (χ0) is 10.2. The van der Waals surface area contributed by atoms with Gasteiger partial charge in [-0.25, -0.2) is 0 Å². The predicted octanol–water partition coefficient (Wildman–Crippen LogP) is 1.12. The number of aliphatic hydroxyl groups excluding tert-OH is 1. The van der Waals surface area contributed by atoms with Gasteiger partial charge in [0.1, 0.15) is 0 Å². The topological polar surface area (TPSA) is 46.5 Å². The van der Waals surface area contributed by atoms with Crippen molar-refractivity contribution in [2.24, 2.45) is 17.3 Å². The van der Waals surface area contributed by atoms with Crippen molar-refractivity contribution in [3.8, 4) is 0 Å². The molecule has 1 saturated carbocycles. The second-order valence-corrected chi connectivity index (χ2v) is 4.46. The fourth-order valence-electron chi connectivity index (χ4n) is 2.85. The van der Waals surface area contributed by atoms with E-state index in [0.29, 0.717) is 18.3 Å². The molecule has 0 radical (unpaired) electrons. The van der Waals surface area contributed by atoms with Gasteiger partial charge in [0.2, 0.25) is 0 Å². The second kappa shape index (κ2) is 3.39. The van der Waals surface area contributed by atoms with E-state index in [2.05, 4.69) is 16.9 Å². The van der Waals surface area contributed by atoms with Crippen LogP contribution in [0.2, 0.25) is 0 Å². The number of carbonyl (C=O) groups is 1. The molecule has 0 heterocycles. The highest BCUT2D eigenvalue weighted by Gasteiger charge is 2.49. The Hall–Kier alpha value is -0.830. The van der Waals surface area contributed by atoms with Crippen LogP contribution in [0, 0.1) is 17.3 Å². The maximum atomic E-state index is 11.3. The lowest BCUT2D eigenvalue weighted by molar-refractivity contribution is -0.144. The monoisotopic (exact) mass is 196 g/mol. The number of methoxy groups -OCH3 is 1. The molecule has 78 valence electrons. The average molecular weight is 196 g/mol. The third kappa shape index (κ3) is 1.36. The molecule has 0 amide bonds.